The van der Waals surface area contributed by atoms with Gasteiger partial charge in [0.25, 0.3) is 0 Å². The number of carbonyl (C=O) groups is 1. The Kier molecular flexibility index (Phi) is 1.84. The fraction of sp³-hybridized carbons (Fsp3) is 0.462. The van der Waals surface area contributed by atoms with Crippen LogP contribution in [0.2, 0.25) is 0 Å². The fourth-order valence-corrected chi connectivity index (χ4v) is 3.07. The third-order valence-corrected chi connectivity index (χ3v) is 3.80. The fourth-order valence-electron chi connectivity index (χ4n) is 3.07. The number of Topliss-reactive ketones (excluding diaryl/α,β-unsaturated/α-hetero) is 1. The summed E-state index contributed by atoms with van der Waals surface area (Å²) < 4.78 is 0. The van der Waals surface area contributed by atoms with Crippen molar-refractivity contribution in [3.8, 4) is 0 Å². The molecule has 0 saturated heterocycles. The van der Waals surface area contributed by atoms with Crippen molar-refractivity contribution in [1.82, 2.24) is 0 Å². The summed E-state index contributed by atoms with van der Waals surface area (Å²) in [5.41, 5.74) is 2.50. The lowest BCUT2D eigenvalue weighted by molar-refractivity contribution is -0.122. The number of nitrogens with zero attached hydrogens (tertiary/aromatic N) is 1. The van der Waals surface area contributed by atoms with Crippen molar-refractivity contribution < 1.29 is 4.79 Å². The molecular formula is C13H15NO. The summed E-state index contributed by atoms with van der Waals surface area (Å²) in [5.74, 6) is 0.586. The number of likely N-dealkylation sites (N-methyl/N-ethyl adjacent to an activating group) is 1. The largest absolute Gasteiger partial charge is 0.370 e. The maximum absolute atomic E-state index is 12.0. The van der Waals surface area contributed by atoms with Crippen LogP contribution in [0, 0.1) is 0 Å². The highest BCUT2D eigenvalue weighted by molar-refractivity contribution is 5.91. The first kappa shape index (κ1) is 8.96. The molecular weight excluding hydrogens is 186 g/mol. The van der Waals surface area contributed by atoms with E-state index in [-0.39, 0.29) is 5.92 Å². The normalized spacial score (nSPS) is 28.9. The number of ketones is 1. The quantitative estimate of drug-likeness (QED) is 0.642. The Balaban J connectivity index is 2.12. The van der Waals surface area contributed by atoms with Gasteiger partial charge in [-0.3, -0.25) is 4.79 Å². The van der Waals surface area contributed by atoms with Crippen molar-refractivity contribution >= 4 is 11.5 Å². The van der Waals surface area contributed by atoms with Crippen LogP contribution in [0.4, 0.5) is 5.69 Å². The average molecular weight is 201 g/mol. The molecule has 78 valence electrons. The summed E-state index contributed by atoms with van der Waals surface area (Å²) in [7, 11) is 2.11. The van der Waals surface area contributed by atoms with E-state index in [1.165, 1.54) is 11.3 Å². The van der Waals surface area contributed by atoms with Gasteiger partial charge in [0.2, 0.25) is 0 Å². The molecule has 1 fully saturated rings. The molecule has 3 rings (SSSR count). The van der Waals surface area contributed by atoms with Gasteiger partial charge in [0.1, 0.15) is 5.78 Å². The van der Waals surface area contributed by atoms with Gasteiger partial charge in [-0.2, -0.15) is 0 Å². The number of hydrogen-bond donors (Lipinski definition) is 0. The van der Waals surface area contributed by atoms with Crippen molar-refractivity contribution in [2.45, 2.75) is 31.2 Å². The maximum Gasteiger partial charge on any atom is 0.142 e. The van der Waals surface area contributed by atoms with Crippen molar-refractivity contribution in [2.24, 2.45) is 0 Å². The SMILES string of the molecule is CN1c2ccccc2[C@@H]2C(=O)CCC[C@H]21. The molecule has 0 radical (unpaired) electrons. The van der Waals surface area contributed by atoms with Crippen LogP contribution in [0.15, 0.2) is 24.3 Å². The lowest BCUT2D eigenvalue weighted by atomic mass is 9.81. The Morgan fingerprint density at radius 3 is 3.00 bits per heavy atom. The molecule has 15 heavy (non-hydrogen) atoms. The molecule has 2 heteroatoms. The molecule has 0 bridgehead atoms. The van der Waals surface area contributed by atoms with E-state index in [1.807, 2.05) is 6.07 Å². The zero-order valence-electron chi connectivity index (χ0n) is 8.94. The van der Waals surface area contributed by atoms with Gasteiger partial charge in [-0.05, 0) is 24.5 Å². The van der Waals surface area contributed by atoms with Gasteiger partial charge in [-0.1, -0.05) is 18.2 Å². The highest BCUT2D eigenvalue weighted by Crippen LogP contribution is 2.44. The molecule has 0 aromatic heterocycles. The van der Waals surface area contributed by atoms with Crippen LogP contribution in [-0.4, -0.2) is 18.9 Å². The standard InChI is InChI=1S/C13H15NO/c1-14-10-6-3-2-5-9(10)13-11(14)7-4-8-12(13)15/h2-3,5-6,11,13H,4,7-8H2,1H3/t11-,13+/m1/s1. The van der Waals surface area contributed by atoms with Gasteiger partial charge in [0, 0.05) is 25.2 Å². The number of hydrogen-bond acceptors (Lipinski definition) is 2. The third-order valence-electron chi connectivity index (χ3n) is 3.80. The second-order valence-electron chi connectivity index (χ2n) is 4.57. The first-order valence-electron chi connectivity index (χ1n) is 5.63. The minimum absolute atomic E-state index is 0.153. The minimum atomic E-state index is 0.153. The van der Waals surface area contributed by atoms with Gasteiger partial charge in [0.05, 0.1) is 5.92 Å². The van der Waals surface area contributed by atoms with E-state index in [0.717, 1.165) is 19.3 Å². The molecule has 1 heterocycles. The number of carbonyl (C=O) groups excluding carboxylic acids is 1. The van der Waals surface area contributed by atoms with Gasteiger partial charge in [-0.25, -0.2) is 0 Å². The topological polar surface area (TPSA) is 20.3 Å². The van der Waals surface area contributed by atoms with Gasteiger partial charge >= 0.3 is 0 Å². The Labute approximate surface area is 89.9 Å². The van der Waals surface area contributed by atoms with E-state index in [0.29, 0.717) is 11.8 Å². The Hall–Kier alpha value is -1.31. The highest BCUT2D eigenvalue weighted by Gasteiger charge is 2.42. The van der Waals surface area contributed by atoms with Crippen molar-refractivity contribution in [3.63, 3.8) is 0 Å². The molecule has 1 saturated carbocycles. The molecule has 0 amide bonds. The average Bonchev–Trinajstić information content (AvgIpc) is 2.55. The monoisotopic (exact) mass is 201 g/mol. The predicted octanol–water partition coefficient (Wildman–Crippen LogP) is 2.34. The van der Waals surface area contributed by atoms with E-state index >= 15 is 0 Å². The summed E-state index contributed by atoms with van der Waals surface area (Å²) in [4.78, 5) is 14.2. The second-order valence-corrected chi connectivity index (χ2v) is 4.57. The van der Waals surface area contributed by atoms with Crippen LogP contribution in [0.1, 0.15) is 30.7 Å². The zero-order valence-corrected chi connectivity index (χ0v) is 8.94. The van der Waals surface area contributed by atoms with Crippen molar-refractivity contribution in [2.75, 3.05) is 11.9 Å². The highest BCUT2D eigenvalue weighted by atomic mass is 16.1. The summed E-state index contributed by atoms with van der Waals surface area (Å²) in [6, 6.07) is 8.75. The molecule has 1 aromatic carbocycles. The van der Waals surface area contributed by atoms with E-state index in [4.69, 9.17) is 0 Å². The lowest BCUT2D eigenvalue weighted by Gasteiger charge is -2.29. The summed E-state index contributed by atoms with van der Waals surface area (Å²) >= 11 is 0. The molecule has 2 aliphatic rings. The number of benzene rings is 1. The van der Waals surface area contributed by atoms with Crippen molar-refractivity contribution in [3.05, 3.63) is 29.8 Å². The molecule has 0 unspecified atom stereocenters. The first-order chi connectivity index (χ1) is 7.29. The van der Waals surface area contributed by atoms with Gasteiger partial charge in [-0.15, -0.1) is 0 Å². The molecule has 0 N–H and O–H groups in total. The second kappa shape index (κ2) is 3.09. The summed E-state index contributed by atoms with van der Waals surface area (Å²) in [5, 5.41) is 0. The smallest absolute Gasteiger partial charge is 0.142 e. The van der Waals surface area contributed by atoms with Crippen LogP contribution in [0.25, 0.3) is 0 Å². The Bertz CT molecular complexity index is 413. The zero-order chi connectivity index (χ0) is 10.4. The maximum atomic E-state index is 12.0. The summed E-state index contributed by atoms with van der Waals surface area (Å²) in [6.07, 6.45) is 2.98. The molecule has 1 aromatic rings. The first-order valence-corrected chi connectivity index (χ1v) is 5.63. The number of anilines is 1. The van der Waals surface area contributed by atoms with E-state index in [1.54, 1.807) is 0 Å². The molecule has 2 atom stereocenters. The predicted molar refractivity (Wildman–Crippen MR) is 60.2 cm³/mol. The van der Waals surface area contributed by atoms with E-state index in [2.05, 4.69) is 30.1 Å². The molecule has 0 spiro atoms. The number of rotatable bonds is 0. The summed E-state index contributed by atoms with van der Waals surface area (Å²) in [6.45, 7) is 0. The van der Waals surface area contributed by atoms with Crippen LogP contribution >= 0.6 is 0 Å². The third kappa shape index (κ3) is 1.14. The molecule has 1 aliphatic carbocycles. The Morgan fingerprint density at radius 1 is 1.33 bits per heavy atom. The van der Waals surface area contributed by atoms with E-state index in [9.17, 15) is 4.79 Å². The van der Waals surface area contributed by atoms with Gasteiger partial charge in [0.15, 0.2) is 0 Å². The van der Waals surface area contributed by atoms with Crippen LogP contribution in [0.5, 0.6) is 0 Å². The number of para-hydroxylation sites is 1. The van der Waals surface area contributed by atoms with Crippen molar-refractivity contribution in [1.29, 1.82) is 0 Å². The molecule has 2 nitrogen and oxygen atoms in total. The van der Waals surface area contributed by atoms with Gasteiger partial charge < -0.3 is 4.90 Å². The minimum Gasteiger partial charge on any atom is -0.370 e. The molecule has 1 aliphatic heterocycles. The van der Waals surface area contributed by atoms with E-state index < -0.39 is 0 Å². The van der Waals surface area contributed by atoms with Crippen LogP contribution < -0.4 is 4.90 Å². The number of fused-ring (bicyclic) bond motifs is 3. The Morgan fingerprint density at radius 2 is 2.13 bits per heavy atom. The van der Waals surface area contributed by atoms with Crippen LogP contribution in [0.3, 0.4) is 0 Å². The van der Waals surface area contributed by atoms with Crippen LogP contribution in [-0.2, 0) is 4.79 Å². The lowest BCUT2D eigenvalue weighted by Crippen LogP contribution is -2.36.